The number of ether oxygens (including phenoxy) is 4. The van der Waals surface area contributed by atoms with Crippen molar-refractivity contribution < 1.29 is 33.3 Å². The number of hydrogen-bond acceptors (Lipinski definition) is 9. The number of aromatic amines is 1. The smallest absolute Gasteiger partial charge is 0.338 e. The van der Waals surface area contributed by atoms with E-state index in [0.717, 1.165) is 4.57 Å². The third-order valence-electron chi connectivity index (χ3n) is 6.53. The van der Waals surface area contributed by atoms with Crippen LogP contribution in [0.25, 0.3) is 0 Å². The van der Waals surface area contributed by atoms with Crippen molar-refractivity contribution in [3.63, 3.8) is 0 Å². The van der Waals surface area contributed by atoms with Crippen LogP contribution in [0.2, 0.25) is 0 Å². The molecule has 0 radical (unpaired) electrons. The summed E-state index contributed by atoms with van der Waals surface area (Å²) in [6, 6.07) is 25.4. The first kappa shape index (κ1) is 28.2. The summed E-state index contributed by atoms with van der Waals surface area (Å²) in [7, 11) is 0. The van der Waals surface area contributed by atoms with Crippen molar-refractivity contribution in [2.75, 3.05) is 6.61 Å². The minimum atomic E-state index is -1.52. The van der Waals surface area contributed by atoms with E-state index in [0.29, 0.717) is 5.69 Å². The zero-order valence-electron chi connectivity index (χ0n) is 22.4. The van der Waals surface area contributed by atoms with E-state index in [1.54, 1.807) is 66.7 Å². The molecule has 1 fully saturated rings. The van der Waals surface area contributed by atoms with Crippen LogP contribution in [0.1, 0.15) is 43.0 Å². The predicted octanol–water partition coefficient (Wildman–Crippen LogP) is 3.05. The van der Waals surface area contributed by atoms with Gasteiger partial charge in [0.15, 0.2) is 18.4 Å². The van der Waals surface area contributed by atoms with Gasteiger partial charge in [0.25, 0.3) is 5.56 Å². The van der Waals surface area contributed by atoms with Crippen LogP contribution in [0.15, 0.2) is 107 Å². The molecule has 0 spiro atoms. The van der Waals surface area contributed by atoms with Gasteiger partial charge in [-0.25, -0.2) is 23.7 Å². The third-order valence-corrected chi connectivity index (χ3v) is 6.53. The molecule has 214 valence electrons. The van der Waals surface area contributed by atoms with E-state index in [9.17, 15) is 24.0 Å². The molecule has 1 aliphatic heterocycles. The molecule has 0 amide bonds. The zero-order valence-corrected chi connectivity index (χ0v) is 22.4. The molecule has 0 aliphatic carbocycles. The molecular weight excluding hydrogens is 544 g/mol. The van der Waals surface area contributed by atoms with Crippen molar-refractivity contribution in [2.45, 2.75) is 31.5 Å². The van der Waals surface area contributed by atoms with Crippen molar-refractivity contribution in [1.82, 2.24) is 9.55 Å². The monoisotopic (exact) mass is 570 g/mol. The number of nitrogens with zero attached hydrogens (tertiary/aromatic N) is 1. The van der Waals surface area contributed by atoms with Crippen molar-refractivity contribution in [1.29, 1.82) is 0 Å². The SMILES string of the molecule is Cc1cc(=O)n([C@H]2O[C@H](COC(=O)c3ccccc3)[C@@H](OC(=O)c3ccccc3)[C@@H]2OC(=O)c2ccccc2)c(=O)[nH]1. The molecule has 1 aromatic heterocycles. The van der Waals surface area contributed by atoms with Gasteiger partial charge < -0.3 is 23.9 Å². The molecule has 2 heterocycles. The first-order chi connectivity index (χ1) is 20.3. The van der Waals surface area contributed by atoms with Crippen LogP contribution >= 0.6 is 0 Å². The number of nitrogens with one attached hydrogen (secondary N) is 1. The summed E-state index contributed by atoms with van der Waals surface area (Å²) in [5, 5.41) is 0. The Morgan fingerprint density at radius 2 is 1.21 bits per heavy atom. The highest BCUT2D eigenvalue weighted by molar-refractivity contribution is 5.91. The minimum absolute atomic E-state index is 0.175. The quantitative estimate of drug-likeness (QED) is 0.250. The molecule has 0 unspecified atom stereocenters. The Hall–Kier alpha value is -5.29. The van der Waals surface area contributed by atoms with Crippen molar-refractivity contribution in [2.24, 2.45) is 0 Å². The van der Waals surface area contributed by atoms with Crippen LogP contribution in [0.4, 0.5) is 0 Å². The Bertz CT molecular complexity index is 1650. The summed E-state index contributed by atoms with van der Waals surface area (Å²) in [5.41, 5.74) is -0.633. The summed E-state index contributed by atoms with van der Waals surface area (Å²) in [6.45, 7) is 1.08. The molecular formula is C31H26N2O9. The number of benzene rings is 3. The molecule has 1 N–H and O–H groups in total. The second-order valence-electron chi connectivity index (χ2n) is 9.47. The first-order valence-corrected chi connectivity index (χ1v) is 13.0. The Labute approximate surface area is 239 Å². The van der Waals surface area contributed by atoms with Gasteiger partial charge in [-0.2, -0.15) is 0 Å². The number of carbonyl (C=O) groups excluding carboxylic acids is 3. The Morgan fingerprint density at radius 1 is 0.738 bits per heavy atom. The highest BCUT2D eigenvalue weighted by Gasteiger charge is 2.52. The summed E-state index contributed by atoms with van der Waals surface area (Å²) in [5.74, 6) is -2.28. The molecule has 0 bridgehead atoms. The van der Waals surface area contributed by atoms with Gasteiger partial charge in [-0.1, -0.05) is 54.6 Å². The molecule has 42 heavy (non-hydrogen) atoms. The summed E-state index contributed by atoms with van der Waals surface area (Å²) in [6.07, 6.45) is -5.61. The van der Waals surface area contributed by atoms with E-state index in [1.807, 2.05) is 0 Å². The fourth-order valence-electron chi connectivity index (χ4n) is 4.53. The van der Waals surface area contributed by atoms with E-state index in [2.05, 4.69) is 4.98 Å². The summed E-state index contributed by atoms with van der Waals surface area (Å²) in [4.78, 5) is 67.5. The summed E-state index contributed by atoms with van der Waals surface area (Å²) >= 11 is 0. The number of hydrogen-bond donors (Lipinski definition) is 1. The van der Waals surface area contributed by atoms with Gasteiger partial charge in [0.1, 0.15) is 12.7 Å². The topological polar surface area (TPSA) is 143 Å². The molecule has 11 heteroatoms. The lowest BCUT2D eigenvalue weighted by Crippen LogP contribution is -2.45. The van der Waals surface area contributed by atoms with E-state index >= 15 is 0 Å². The lowest BCUT2D eigenvalue weighted by Gasteiger charge is -2.24. The lowest BCUT2D eigenvalue weighted by atomic mass is 10.1. The highest BCUT2D eigenvalue weighted by atomic mass is 16.7. The first-order valence-electron chi connectivity index (χ1n) is 13.0. The average Bonchev–Trinajstić information content (AvgIpc) is 3.32. The van der Waals surface area contributed by atoms with Crippen LogP contribution in [0.5, 0.6) is 0 Å². The molecule has 11 nitrogen and oxygen atoms in total. The number of H-pyrrole nitrogens is 1. The minimum Gasteiger partial charge on any atom is -0.459 e. The van der Waals surface area contributed by atoms with Gasteiger partial charge in [0.05, 0.1) is 16.7 Å². The maximum atomic E-state index is 13.2. The summed E-state index contributed by atoms with van der Waals surface area (Å²) < 4.78 is 23.8. The molecule has 1 saturated heterocycles. The lowest BCUT2D eigenvalue weighted by molar-refractivity contribution is -0.0653. The normalized spacial score (nSPS) is 19.5. The molecule has 3 aromatic carbocycles. The van der Waals surface area contributed by atoms with Crippen molar-refractivity contribution >= 4 is 17.9 Å². The molecule has 4 atom stereocenters. The van der Waals surface area contributed by atoms with Crippen LogP contribution in [-0.4, -0.2) is 52.4 Å². The number of rotatable bonds is 8. The number of carbonyl (C=O) groups is 3. The molecule has 5 rings (SSSR count). The van der Waals surface area contributed by atoms with Crippen molar-refractivity contribution in [3.05, 3.63) is 140 Å². The van der Waals surface area contributed by atoms with Crippen LogP contribution in [0.3, 0.4) is 0 Å². The third kappa shape index (κ3) is 6.21. The van der Waals surface area contributed by atoms with E-state index in [1.165, 1.54) is 37.3 Å². The Kier molecular flexibility index (Phi) is 8.39. The van der Waals surface area contributed by atoms with Gasteiger partial charge in [-0.3, -0.25) is 4.79 Å². The van der Waals surface area contributed by atoms with Gasteiger partial charge in [-0.15, -0.1) is 0 Å². The van der Waals surface area contributed by atoms with Crippen molar-refractivity contribution in [3.8, 4) is 0 Å². The number of aromatic nitrogens is 2. The van der Waals surface area contributed by atoms with E-state index in [4.69, 9.17) is 18.9 Å². The molecule has 4 aromatic rings. The van der Waals surface area contributed by atoms with Crippen LogP contribution in [0, 0.1) is 6.92 Å². The largest absolute Gasteiger partial charge is 0.459 e. The van der Waals surface area contributed by atoms with Crippen LogP contribution in [-0.2, 0) is 18.9 Å². The Balaban J connectivity index is 1.52. The van der Waals surface area contributed by atoms with Gasteiger partial charge in [0, 0.05) is 11.8 Å². The van der Waals surface area contributed by atoms with E-state index in [-0.39, 0.29) is 16.7 Å². The second-order valence-corrected chi connectivity index (χ2v) is 9.47. The van der Waals surface area contributed by atoms with E-state index < -0.39 is 60.3 Å². The average molecular weight is 571 g/mol. The number of aryl methyl sites for hydroxylation is 1. The Morgan fingerprint density at radius 3 is 1.71 bits per heavy atom. The van der Waals surface area contributed by atoms with Gasteiger partial charge in [-0.05, 0) is 43.3 Å². The number of esters is 3. The van der Waals surface area contributed by atoms with Crippen LogP contribution < -0.4 is 11.2 Å². The second kappa shape index (κ2) is 12.5. The maximum Gasteiger partial charge on any atom is 0.338 e. The fraction of sp³-hybridized carbons (Fsp3) is 0.194. The highest BCUT2D eigenvalue weighted by Crippen LogP contribution is 2.34. The fourth-order valence-corrected chi connectivity index (χ4v) is 4.53. The van der Waals surface area contributed by atoms with Gasteiger partial charge in [0.2, 0.25) is 0 Å². The van der Waals surface area contributed by atoms with Gasteiger partial charge >= 0.3 is 23.6 Å². The molecule has 0 saturated carbocycles. The molecule has 1 aliphatic rings. The zero-order chi connectivity index (χ0) is 29.6. The maximum absolute atomic E-state index is 13.2. The predicted molar refractivity (Wildman–Crippen MR) is 148 cm³/mol. The standard InChI is InChI=1S/C31H26N2O9/c1-19-17-24(34)33(31(38)32-19)27-26(42-30(37)22-15-9-4-10-16-22)25(41-29(36)21-13-7-3-8-14-21)23(40-27)18-39-28(35)20-11-5-2-6-12-20/h2-17,23,25-27H,18H2,1H3,(H,32,38)/t23-,25-,26+,27+/m1/s1.